The Kier molecular flexibility index (Phi) is 4.50. The van der Waals surface area contributed by atoms with Crippen LogP contribution in [-0.4, -0.2) is 9.55 Å². The molecule has 1 aromatic heterocycles. The van der Waals surface area contributed by atoms with Gasteiger partial charge in [-0.3, -0.25) is 0 Å². The first kappa shape index (κ1) is 10.1. The average Bonchev–Trinajstić information content (AvgIpc) is 2.37. The van der Waals surface area contributed by atoms with Crippen LogP contribution in [0.5, 0.6) is 0 Å². The fourth-order valence-electron chi connectivity index (χ4n) is 0.748. The van der Waals surface area contributed by atoms with Gasteiger partial charge in [-0.05, 0) is 6.42 Å². The summed E-state index contributed by atoms with van der Waals surface area (Å²) in [7, 11) is 1.67. The van der Waals surface area contributed by atoms with E-state index in [9.17, 15) is 4.39 Å². The van der Waals surface area contributed by atoms with Crippen molar-refractivity contribution < 1.29 is 4.39 Å². The van der Waals surface area contributed by atoms with Crippen molar-refractivity contribution in [1.82, 2.24) is 9.55 Å². The number of hydrogen-bond acceptors (Lipinski definition) is 1. The Hall–Kier alpha value is -0.860. The summed E-state index contributed by atoms with van der Waals surface area (Å²) in [6.07, 6.45) is 1.97. The van der Waals surface area contributed by atoms with E-state index in [4.69, 9.17) is 0 Å². The maximum Gasteiger partial charge on any atom is 0.289 e. The third-order valence-electron chi connectivity index (χ3n) is 1.39. The van der Waals surface area contributed by atoms with Crippen LogP contribution < -0.4 is 0 Å². The predicted octanol–water partition coefficient (Wildman–Crippen LogP) is 2.15. The molecule has 0 saturated heterocycles. The first-order valence-electron chi connectivity index (χ1n) is 3.91. The van der Waals surface area contributed by atoms with Crippen LogP contribution >= 0.6 is 0 Å². The molecule has 0 bridgehead atoms. The Morgan fingerprint density at radius 3 is 2.27 bits per heavy atom. The van der Waals surface area contributed by atoms with E-state index >= 15 is 0 Å². The molecule has 0 spiro atoms. The average molecular weight is 158 g/mol. The Labute approximate surface area is 67.1 Å². The van der Waals surface area contributed by atoms with E-state index in [0.717, 1.165) is 12.1 Å². The standard InChI is InChI=1S/C6H9FN2.C2H6/c1-3-5-4-8-6(7)9(5)2;1-2/h4H,3H2,1-2H3;1-2H3. The highest BCUT2D eigenvalue weighted by Crippen LogP contribution is 2.00. The van der Waals surface area contributed by atoms with Gasteiger partial charge in [-0.2, -0.15) is 4.39 Å². The lowest BCUT2D eigenvalue weighted by atomic mass is 10.4. The first-order chi connectivity index (χ1) is 5.25. The highest BCUT2D eigenvalue weighted by Gasteiger charge is 2.00. The predicted molar refractivity (Wildman–Crippen MR) is 43.9 cm³/mol. The number of aryl methyl sites for hydroxylation is 1. The van der Waals surface area contributed by atoms with Gasteiger partial charge in [0.1, 0.15) is 0 Å². The lowest BCUT2D eigenvalue weighted by molar-refractivity contribution is 0.494. The van der Waals surface area contributed by atoms with Gasteiger partial charge in [0, 0.05) is 12.7 Å². The molecule has 64 valence electrons. The van der Waals surface area contributed by atoms with Gasteiger partial charge in [-0.1, -0.05) is 20.8 Å². The van der Waals surface area contributed by atoms with Crippen molar-refractivity contribution in [3.8, 4) is 0 Å². The lowest BCUT2D eigenvalue weighted by Gasteiger charge is -1.94. The van der Waals surface area contributed by atoms with Gasteiger partial charge < -0.3 is 4.57 Å². The highest BCUT2D eigenvalue weighted by molar-refractivity contribution is 4.97. The minimum Gasteiger partial charge on any atom is -0.308 e. The molecule has 0 fully saturated rings. The van der Waals surface area contributed by atoms with Gasteiger partial charge in [0.2, 0.25) is 0 Å². The summed E-state index contributed by atoms with van der Waals surface area (Å²) in [6.45, 7) is 5.97. The lowest BCUT2D eigenvalue weighted by Crippen LogP contribution is -1.96. The summed E-state index contributed by atoms with van der Waals surface area (Å²) in [6, 6.07) is 0. The molecule has 0 radical (unpaired) electrons. The molecule has 0 atom stereocenters. The SMILES string of the molecule is CC.CCc1cnc(F)n1C. The zero-order chi connectivity index (χ0) is 8.85. The molecule has 1 aromatic rings. The maximum absolute atomic E-state index is 12.4. The third kappa shape index (κ3) is 2.33. The van der Waals surface area contributed by atoms with Crippen LogP contribution in [0, 0.1) is 6.08 Å². The van der Waals surface area contributed by atoms with E-state index in [0.29, 0.717) is 0 Å². The van der Waals surface area contributed by atoms with Crippen molar-refractivity contribution in [2.45, 2.75) is 27.2 Å². The second-order valence-electron chi connectivity index (χ2n) is 1.93. The van der Waals surface area contributed by atoms with E-state index in [1.165, 1.54) is 4.57 Å². The number of aromatic nitrogens is 2. The summed E-state index contributed by atoms with van der Waals surface area (Å²) in [5.74, 6) is 0. The number of halogens is 1. The van der Waals surface area contributed by atoms with Gasteiger partial charge in [0.15, 0.2) is 0 Å². The summed E-state index contributed by atoms with van der Waals surface area (Å²) in [4.78, 5) is 3.48. The van der Waals surface area contributed by atoms with Gasteiger partial charge in [0.05, 0.1) is 6.20 Å². The molecule has 3 heteroatoms. The van der Waals surface area contributed by atoms with Gasteiger partial charge in [-0.25, -0.2) is 4.98 Å². The smallest absolute Gasteiger partial charge is 0.289 e. The normalized spacial score (nSPS) is 8.82. The van der Waals surface area contributed by atoms with Crippen molar-refractivity contribution in [3.63, 3.8) is 0 Å². The summed E-state index contributed by atoms with van der Waals surface area (Å²) >= 11 is 0. The molecule has 0 unspecified atom stereocenters. The number of hydrogen-bond donors (Lipinski definition) is 0. The topological polar surface area (TPSA) is 17.8 Å². The van der Waals surface area contributed by atoms with E-state index in [1.54, 1.807) is 13.2 Å². The summed E-state index contributed by atoms with van der Waals surface area (Å²) < 4.78 is 13.8. The number of rotatable bonds is 1. The van der Waals surface area contributed by atoms with Crippen LogP contribution in [-0.2, 0) is 13.5 Å². The van der Waals surface area contributed by atoms with Crippen LogP contribution in [0.25, 0.3) is 0 Å². The molecule has 0 aliphatic carbocycles. The van der Waals surface area contributed by atoms with Crippen molar-refractivity contribution >= 4 is 0 Å². The minimum absolute atomic E-state index is 0.410. The Morgan fingerprint density at radius 2 is 2.09 bits per heavy atom. The molecule has 0 amide bonds. The monoisotopic (exact) mass is 158 g/mol. The Balaban J connectivity index is 0.000000461. The maximum atomic E-state index is 12.4. The van der Waals surface area contributed by atoms with Gasteiger partial charge in [-0.15, -0.1) is 0 Å². The van der Waals surface area contributed by atoms with Crippen LogP contribution in [0.2, 0.25) is 0 Å². The molecule has 0 aliphatic rings. The van der Waals surface area contributed by atoms with E-state index in [2.05, 4.69) is 4.98 Å². The van der Waals surface area contributed by atoms with Crippen molar-refractivity contribution in [1.29, 1.82) is 0 Å². The molecule has 0 saturated carbocycles. The number of nitrogens with zero attached hydrogens (tertiary/aromatic N) is 2. The van der Waals surface area contributed by atoms with E-state index in [1.807, 2.05) is 20.8 Å². The quantitative estimate of drug-likeness (QED) is 0.612. The van der Waals surface area contributed by atoms with Crippen LogP contribution in [0.15, 0.2) is 6.20 Å². The van der Waals surface area contributed by atoms with Crippen molar-refractivity contribution in [2.24, 2.45) is 7.05 Å². The second-order valence-corrected chi connectivity index (χ2v) is 1.93. The molecule has 2 nitrogen and oxygen atoms in total. The third-order valence-corrected chi connectivity index (χ3v) is 1.39. The summed E-state index contributed by atoms with van der Waals surface area (Å²) in [5.41, 5.74) is 0.924. The zero-order valence-electron chi connectivity index (χ0n) is 7.56. The highest BCUT2D eigenvalue weighted by atomic mass is 19.1. The minimum atomic E-state index is -0.410. The Morgan fingerprint density at radius 1 is 1.55 bits per heavy atom. The molecule has 11 heavy (non-hydrogen) atoms. The molecule has 0 aliphatic heterocycles. The summed E-state index contributed by atoms with van der Waals surface area (Å²) in [5, 5.41) is 0. The van der Waals surface area contributed by atoms with Crippen LogP contribution in [0.3, 0.4) is 0 Å². The largest absolute Gasteiger partial charge is 0.308 e. The fraction of sp³-hybridized carbons (Fsp3) is 0.625. The Bertz CT molecular complexity index is 206. The molecular weight excluding hydrogens is 143 g/mol. The molecule has 1 rings (SSSR count). The fourth-order valence-corrected chi connectivity index (χ4v) is 0.748. The zero-order valence-corrected chi connectivity index (χ0v) is 7.56. The molecular formula is C8H15FN2. The van der Waals surface area contributed by atoms with E-state index < -0.39 is 6.08 Å². The van der Waals surface area contributed by atoms with Crippen LogP contribution in [0.1, 0.15) is 26.5 Å². The second kappa shape index (κ2) is 4.88. The van der Waals surface area contributed by atoms with Crippen molar-refractivity contribution in [2.75, 3.05) is 0 Å². The van der Waals surface area contributed by atoms with Gasteiger partial charge >= 0.3 is 0 Å². The molecule has 0 N–H and O–H groups in total. The molecule has 0 aromatic carbocycles. The molecule has 1 heterocycles. The van der Waals surface area contributed by atoms with E-state index in [-0.39, 0.29) is 0 Å². The van der Waals surface area contributed by atoms with Crippen LogP contribution in [0.4, 0.5) is 4.39 Å². The van der Waals surface area contributed by atoms with Crippen molar-refractivity contribution in [3.05, 3.63) is 18.0 Å². The first-order valence-corrected chi connectivity index (χ1v) is 3.91. The van der Waals surface area contributed by atoms with Gasteiger partial charge in [0.25, 0.3) is 6.08 Å². The number of imidazole rings is 1.